The fraction of sp³-hybridized carbons (Fsp3) is 0.846. The Labute approximate surface area is 119 Å². The molecule has 2 amide bonds. The van der Waals surface area contributed by atoms with E-state index in [-0.39, 0.29) is 12.6 Å². The van der Waals surface area contributed by atoms with E-state index in [1.807, 2.05) is 0 Å². The summed E-state index contributed by atoms with van der Waals surface area (Å²) in [6.45, 7) is 8.12. The maximum atomic E-state index is 11.6. The molecule has 1 saturated heterocycles. The van der Waals surface area contributed by atoms with Gasteiger partial charge in [-0.05, 0) is 13.3 Å². The molecule has 0 aromatic carbocycles. The first-order valence-corrected chi connectivity index (χ1v) is 7.03. The molecular formula is C13H25N3O4. The van der Waals surface area contributed by atoms with Gasteiger partial charge in [0.05, 0.1) is 18.6 Å². The van der Waals surface area contributed by atoms with E-state index >= 15 is 0 Å². The second-order valence-corrected chi connectivity index (χ2v) is 5.28. The zero-order valence-electron chi connectivity index (χ0n) is 12.3. The molecule has 0 aliphatic carbocycles. The second kappa shape index (κ2) is 8.06. The number of hydrogen-bond donors (Lipinski definition) is 3. The van der Waals surface area contributed by atoms with Crippen molar-refractivity contribution in [2.75, 3.05) is 45.9 Å². The van der Waals surface area contributed by atoms with Gasteiger partial charge in [0.15, 0.2) is 0 Å². The maximum absolute atomic E-state index is 11.6. The molecule has 7 heteroatoms. The van der Waals surface area contributed by atoms with Gasteiger partial charge in [0.1, 0.15) is 0 Å². The maximum Gasteiger partial charge on any atom is 0.314 e. The number of urea groups is 1. The number of nitrogens with one attached hydrogen (secondary N) is 2. The summed E-state index contributed by atoms with van der Waals surface area (Å²) < 4.78 is 5.24. The minimum Gasteiger partial charge on any atom is -0.481 e. The highest BCUT2D eigenvalue weighted by atomic mass is 16.5. The highest BCUT2D eigenvalue weighted by molar-refractivity contribution is 5.77. The Morgan fingerprint density at radius 2 is 1.95 bits per heavy atom. The van der Waals surface area contributed by atoms with Crippen molar-refractivity contribution in [2.24, 2.45) is 5.41 Å². The van der Waals surface area contributed by atoms with Crippen LogP contribution in [0.15, 0.2) is 0 Å². The molecule has 20 heavy (non-hydrogen) atoms. The van der Waals surface area contributed by atoms with Gasteiger partial charge in [-0.15, -0.1) is 0 Å². The first-order chi connectivity index (χ1) is 9.48. The van der Waals surface area contributed by atoms with Gasteiger partial charge in [-0.25, -0.2) is 4.79 Å². The lowest BCUT2D eigenvalue weighted by Gasteiger charge is -2.27. The fourth-order valence-electron chi connectivity index (χ4n) is 1.84. The van der Waals surface area contributed by atoms with E-state index in [0.717, 1.165) is 32.8 Å². The molecule has 1 fully saturated rings. The molecule has 0 aromatic rings. The molecule has 116 valence electrons. The number of aliphatic carboxylic acids is 1. The Morgan fingerprint density at radius 3 is 2.50 bits per heavy atom. The Kier molecular flexibility index (Phi) is 6.74. The van der Waals surface area contributed by atoms with Crippen LogP contribution in [-0.2, 0) is 9.53 Å². The van der Waals surface area contributed by atoms with Crippen LogP contribution in [0.2, 0.25) is 0 Å². The topological polar surface area (TPSA) is 90.9 Å². The molecule has 7 nitrogen and oxygen atoms in total. The molecule has 0 radical (unpaired) electrons. The SMILES string of the molecule is CCC(C)(CNC(=O)NCCN1CCOCC1)C(=O)O. The van der Waals surface area contributed by atoms with Crippen LogP contribution in [0.5, 0.6) is 0 Å². The number of carboxylic acids is 1. The van der Waals surface area contributed by atoms with E-state index in [2.05, 4.69) is 15.5 Å². The molecule has 1 aliphatic heterocycles. The lowest BCUT2D eigenvalue weighted by molar-refractivity contribution is -0.147. The number of hydrogen-bond acceptors (Lipinski definition) is 4. The number of nitrogens with zero attached hydrogens (tertiary/aromatic N) is 1. The predicted octanol–water partition coefficient (Wildman–Crippen LogP) is 0.119. The lowest BCUT2D eigenvalue weighted by atomic mass is 9.88. The molecule has 1 atom stereocenters. The van der Waals surface area contributed by atoms with Crippen molar-refractivity contribution in [3.05, 3.63) is 0 Å². The summed E-state index contributed by atoms with van der Waals surface area (Å²) in [5.74, 6) is -0.895. The van der Waals surface area contributed by atoms with Crippen LogP contribution in [0.3, 0.4) is 0 Å². The summed E-state index contributed by atoms with van der Waals surface area (Å²) in [4.78, 5) is 24.9. The summed E-state index contributed by atoms with van der Waals surface area (Å²) >= 11 is 0. The van der Waals surface area contributed by atoms with Crippen LogP contribution in [0, 0.1) is 5.41 Å². The lowest BCUT2D eigenvalue weighted by Crippen LogP contribution is -2.47. The van der Waals surface area contributed by atoms with Gasteiger partial charge in [0.25, 0.3) is 0 Å². The fourth-order valence-corrected chi connectivity index (χ4v) is 1.84. The molecule has 3 N–H and O–H groups in total. The van der Waals surface area contributed by atoms with Gasteiger partial charge >= 0.3 is 12.0 Å². The first-order valence-electron chi connectivity index (χ1n) is 7.03. The van der Waals surface area contributed by atoms with Crippen LogP contribution < -0.4 is 10.6 Å². The smallest absolute Gasteiger partial charge is 0.314 e. The van der Waals surface area contributed by atoms with Crippen LogP contribution >= 0.6 is 0 Å². The van der Waals surface area contributed by atoms with E-state index in [0.29, 0.717) is 13.0 Å². The van der Waals surface area contributed by atoms with Crippen molar-refractivity contribution in [3.8, 4) is 0 Å². The van der Waals surface area contributed by atoms with Crippen molar-refractivity contribution in [2.45, 2.75) is 20.3 Å². The highest BCUT2D eigenvalue weighted by Crippen LogP contribution is 2.19. The van der Waals surface area contributed by atoms with Gasteiger partial charge < -0.3 is 20.5 Å². The molecule has 1 unspecified atom stereocenters. The van der Waals surface area contributed by atoms with Crippen molar-refractivity contribution in [3.63, 3.8) is 0 Å². The second-order valence-electron chi connectivity index (χ2n) is 5.28. The zero-order valence-corrected chi connectivity index (χ0v) is 12.3. The van der Waals surface area contributed by atoms with Crippen molar-refractivity contribution < 1.29 is 19.4 Å². The number of carbonyl (C=O) groups is 2. The highest BCUT2D eigenvalue weighted by Gasteiger charge is 2.31. The number of carboxylic acid groups (broad SMARTS) is 1. The normalized spacial score (nSPS) is 19.1. The molecule has 0 saturated carbocycles. The summed E-state index contributed by atoms with van der Waals surface area (Å²) in [6.07, 6.45) is 0.469. The average molecular weight is 287 g/mol. The molecule has 1 heterocycles. The van der Waals surface area contributed by atoms with Gasteiger partial charge in [-0.1, -0.05) is 6.92 Å². The van der Waals surface area contributed by atoms with Gasteiger partial charge in [-0.3, -0.25) is 9.69 Å². The van der Waals surface area contributed by atoms with E-state index in [4.69, 9.17) is 9.84 Å². The molecular weight excluding hydrogens is 262 g/mol. The van der Waals surface area contributed by atoms with E-state index in [9.17, 15) is 9.59 Å². The number of amides is 2. The molecule has 0 bridgehead atoms. The molecule has 0 spiro atoms. The van der Waals surface area contributed by atoms with E-state index in [1.54, 1.807) is 13.8 Å². The molecule has 1 rings (SSSR count). The van der Waals surface area contributed by atoms with E-state index in [1.165, 1.54) is 0 Å². The largest absolute Gasteiger partial charge is 0.481 e. The van der Waals surface area contributed by atoms with Crippen molar-refractivity contribution in [1.29, 1.82) is 0 Å². The van der Waals surface area contributed by atoms with Crippen molar-refractivity contribution in [1.82, 2.24) is 15.5 Å². The summed E-state index contributed by atoms with van der Waals surface area (Å²) in [5, 5.41) is 14.5. The monoisotopic (exact) mass is 287 g/mol. The van der Waals surface area contributed by atoms with Crippen LogP contribution in [0.25, 0.3) is 0 Å². The van der Waals surface area contributed by atoms with Crippen LogP contribution in [0.1, 0.15) is 20.3 Å². The summed E-state index contributed by atoms with van der Waals surface area (Å²) in [6, 6.07) is -0.320. The minimum atomic E-state index is -0.915. The number of carbonyl (C=O) groups excluding carboxylic acids is 1. The van der Waals surface area contributed by atoms with E-state index < -0.39 is 11.4 Å². The number of morpholine rings is 1. The predicted molar refractivity (Wildman–Crippen MR) is 74.7 cm³/mol. The zero-order chi connectivity index (χ0) is 15.0. The van der Waals surface area contributed by atoms with Crippen LogP contribution in [0.4, 0.5) is 4.79 Å². The quantitative estimate of drug-likeness (QED) is 0.618. The first kappa shape index (κ1) is 16.7. The Bertz CT molecular complexity index is 332. The third-order valence-corrected chi connectivity index (χ3v) is 3.75. The Hall–Kier alpha value is -1.34. The van der Waals surface area contributed by atoms with Gasteiger partial charge in [-0.2, -0.15) is 0 Å². The molecule has 1 aliphatic rings. The van der Waals surface area contributed by atoms with Gasteiger partial charge in [0, 0.05) is 32.7 Å². The third kappa shape index (κ3) is 5.34. The standard InChI is InChI=1S/C13H25N3O4/c1-3-13(2,11(17)18)10-15-12(19)14-4-5-16-6-8-20-9-7-16/h3-10H2,1-2H3,(H,17,18)(H2,14,15,19). The average Bonchev–Trinajstić information content (AvgIpc) is 2.45. The summed E-state index contributed by atoms with van der Waals surface area (Å²) in [7, 11) is 0. The minimum absolute atomic E-state index is 0.127. The number of rotatable bonds is 7. The third-order valence-electron chi connectivity index (χ3n) is 3.75. The Balaban J connectivity index is 2.18. The van der Waals surface area contributed by atoms with Gasteiger partial charge in [0.2, 0.25) is 0 Å². The van der Waals surface area contributed by atoms with Crippen LogP contribution in [-0.4, -0.2) is 67.9 Å². The Morgan fingerprint density at radius 1 is 1.30 bits per heavy atom. The summed E-state index contributed by atoms with van der Waals surface area (Å²) in [5.41, 5.74) is -0.915. The number of ether oxygens (including phenoxy) is 1. The van der Waals surface area contributed by atoms with Crippen molar-refractivity contribution >= 4 is 12.0 Å². The molecule has 0 aromatic heterocycles.